The van der Waals surface area contributed by atoms with Crippen LogP contribution in [0.1, 0.15) is 23.1 Å². The van der Waals surface area contributed by atoms with E-state index in [0.717, 1.165) is 52.4 Å². The topological polar surface area (TPSA) is 93.8 Å². The molecule has 1 amide bonds. The highest BCUT2D eigenvalue weighted by Crippen LogP contribution is 2.02. The number of amides is 1. The van der Waals surface area contributed by atoms with Gasteiger partial charge in [0.1, 0.15) is 6.17 Å². The van der Waals surface area contributed by atoms with Crippen LogP contribution in [0.15, 0.2) is 0 Å². The van der Waals surface area contributed by atoms with Gasteiger partial charge in [-0.3, -0.25) is 14.6 Å². The lowest BCUT2D eigenvalue weighted by atomic mass is 10.3. The summed E-state index contributed by atoms with van der Waals surface area (Å²) < 4.78 is 41.1. The van der Waals surface area contributed by atoms with Gasteiger partial charge in [-0.25, -0.2) is 4.39 Å². The second kappa shape index (κ2) is 23.5. The van der Waals surface area contributed by atoms with Crippen LogP contribution < -0.4 is 10.6 Å². The molecule has 1 atom stereocenters. The molecule has 10 nitrogen and oxygen atoms in total. The predicted octanol–water partition coefficient (Wildman–Crippen LogP) is 0.653. The Balaban J connectivity index is 0. The van der Waals surface area contributed by atoms with Gasteiger partial charge in [-0.1, -0.05) is 13.8 Å². The molecule has 35 heavy (non-hydrogen) atoms. The first-order valence-electron chi connectivity index (χ1n) is 13.1. The molecule has 1 fully saturated rings. The van der Waals surface area contributed by atoms with E-state index in [-0.39, 0.29) is 21.9 Å². The number of alkyl halides is 1. The average Bonchev–Trinajstić information content (AvgIpc) is 2.88. The second-order valence-corrected chi connectivity index (χ2v) is 8.32. The molecule has 2 N–H and O–H groups in total. The average molecular weight is 513 g/mol. The summed E-state index contributed by atoms with van der Waals surface area (Å²) in [5, 5.41) is 5.74. The number of nitrogens with one attached hydrogen (secondary N) is 2. The normalized spacial score (nSPS) is 16.0. The maximum absolute atomic E-state index is 13.7. The Morgan fingerprint density at radius 1 is 0.800 bits per heavy atom. The van der Waals surface area contributed by atoms with Crippen molar-refractivity contribution in [3.63, 3.8) is 0 Å². The first-order chi connectivity index (χ1) is 17.2. The fourth-order valence-corrected chi connectivity index (χ4v) is 3.33. The van der Waals surface area contributed by atoms with Gasteiger partial charge in [-0.2, -0.15) is 0 Å². The summed E-state index contributed by atoms with van der Waals surface area (Å²) in [5.41, 5.74) is 0. The SMILES string of the molecule is CCNCCOCCOCCOCCOCCN1CCN(CCOCC(F)CNC(=O)CC)CC1.[HH].[HH]. The Morgan fingerprint density at radius 3 is 1.80 bits per heavy atom. The fourth-order valence-electron chi connectivity index (χ4n) is 3.33. The minimum absolute atomic E-state index is 0. The number of carbonyl (C=O) groups excluding carboxylic acids is 1. The number of hydrogen-bond acceptors (Lipinski definition) is 9. The molecule has 1 rings (SSSR count). The molecule has 1 aliphatic rings. The Labute approximate surface area is 214 Å². The van der Waals surface area contributed by atoms with Crippen LogP contribution in [0.5, 0.6) is 0 Å². The predicted molar refractivity (Wildman–Crippen MR) is 138 cm³/mol. The number of hydrogen-bond donors (Lipinski definition) is 2. The van der Waals surface area contributed by atoms with Crippen LogP contribution >= 0.6 is 0 Å². The minimum atomic E-state index is -1.16. The number of halogens is 1. The van der Waals surface area contributed by atoms with Gasteiger partial charge in [-0.05, 0) is 6.54 Å². The zero-order valence-corrected chi connectivity index (χ0v) is 21.9. The van der Waals surface area contributed by atoms with Crippen LogP contribution in [0, 0.1) is 0 Å². The zero-order chi connectivity index (χ0) is 25.4. The summed E-state index contributed by atoms with van der Waals surface area (Å²) in [6.45, 7) is 16.7. The molecule has 0 aromatic rings. The van der Waals surface area contributed by atoms with Gasteiger partial charge in [0.2, 0.25) is 5.91 Å². The van der Waals surface area contributed by atoms with Gasteiger partial charge in [0.15, 0.2) is 0 Å². The highest BCUT2D eigenvalue weighted by Gasteiger charge is 2.16. The van der Waals surface area contributed by atoms with E-state index < -0.39 is 6.17 Å². The first-order valence-corrected chi connectivity index (χ1v) is 13.1. The van der Waals surface area contributed by atoms with Gasteiger partial charge in [0.25, 0.3) is 0 Å². The van der Waals surface area contributed by atoms with Crippen LogP contribution in [0.4, 0.5) is 4.39 Å². The number of likely N-dealkylation sites (N-methyl/N-ethyl adjacent to an activating group) is 1. The van der Waals surface area contributed by atoms with Crippen molar-refractivity contribution in [1.29, 1.82) is 0 Å². The summed E-state index contributed by atoms with van der Waals surface area (Å²) in [6, 6.07) is 0. The van der Waals surface area contributed by atoms with Crippen molar-refractivity contribution in [2.75, 3.05) is 125 Å². The summed E-state index contributed by atoms with van der Waals surface area (Å²) in [7, 11) is 0. The molecule has 1 aliphatic heterocycles. The highest BCUT2D eigenvalue weighted by atomic mass is 19.1. The molecule has 1 saturated heterocycles. The number of carbonyl (C=O) groups is 1. The molecule has 0 aromatic carbocycles. The number of nitrogens with zero attached hydrogens (tertiary/aromatic N) is 2. The molecule has 0 saturated carbocycles. The number of rotatable bonds is 24. The van der Waals surface area contributed by atoms with Gasteiger partial charge < -0.3 is 34.3 Å². The van der Waals surface area contributed by atoms with Crippen LogP contribution in [0.3, 0.4) is 0 Å². The van der Waals surface area contributed by atoms with Gasteiger partial charge in [0.05, 0.1) is 72.6 Å². The molecule has 0 spiro atoms. The molecule has 0 aliphatic carbocycles. The second-order valence-electron chi connectivity index (χ2n) is 8.32. The largest absolute Gasteiger partial charge is 0.378 e. The summed E-state index contributed by atoms with van der Waals surface area (Å²) in [6.07, 6.45) is -0.797. The lowest BCUT2D eigenvalue weighted by Gasteiger charge is -2.34. The Hall–Kier alpha value is -0.920. The third-order valence-electron chi connectivity index (χ3n) is 5.50. The molecule has 11 heteroatoms. The van der Waals surface area contributed by atoms with E-state index in [9.17, 15) is 9.18 Å². The number of ether oxygens (including phenoxy) is 5. The van der Waals surface area contributed by atoms with Gasteiger partial charge in [-0.15, -0.1) is 0 Å². The van der Waals surface area contributed by atoms with Crippen molar-refractivity contribution in [1.82, 2.24) is 20.4 Å². The van der Waals surface area contributed by atoms with Crippen LogP contribution in [0.2, 0.25) is 0 Å². The number of piperazine rings is 1. The van der Waals surface area contributed by atoms with Gasteiger partial charge in [0, 0.05) is 55.1 Å². The first kappa shape index (κ1) is 32.1. The maximum atomic E-state index is 13.7. The van der Waals surface area contributed by atoms with Crippen molar-refractivity contribution < 1.29 is 35.7 Å². The third kappa shape index (κ3) is 19.9. The lowest BCUT2D eigenvalue weighted by molar-refractivity contribution is -0.121. The summed E-state index contributed by atoms with van der Waals surface area (Å²) in [4.78, 5) is 15.8. The van der Waals surface area contributed by atoms with E-state index in [0.29, 0.717) is 65.9 Å². The van der Waals surface area contributed by atoms with E-state index in [1.165, 1.54) is 0 Å². The standard InChI is InChI=1S/C24H49FN4O6.2H2/c1-3-24(30)27-21-23(25)22-35-14-11-29-8-6-28(7-9-29)10-13-32-16-18-34-20-19-33-17-15-31-12-5-26-4-2;;/h23,26H,3-22H2,1-2H3,(H,27,30);2*1H. The van der Waals surface area contributed by atoms with E-state index in [2.05, 4.69) is 27.4 Å². The molecule has 1 heterocycles. The molecule has 212 valence electrons. The molecule has 0 radical (unpaired) electrons. The third-order valence-corrected chi connectivity index (χ3v) is 5.50. The Kier molecular flexibility index (Phi) is 21.5. The molecule has 0 aromatic heterocycles. The highest BCUT2D eigenvalue weighted by molar-refractivity contribution is 5.75. The molecule has 1 unspecified atom stereocenters. The minimum Gasteiger partial charge on any atom is -0.378 e. The fraction of sp³-hybridized carbons (Fsp3) is 0.958. The van der Waals surface area contributed by atoms with E-state index in [4.69, 9.17) is 23.7 Å². The molecular weight excluding hydrogens is 459 g/mol. The monoisotopic (exact) mass is 512 g/mol. The van der Waals surface area contributed by atoms with Crippen molar-refractivity contribution in [2.24, 2.45) is 0 Å². The van der Waals surface area contributed by atoms with Crippen molar-refractivity contribution in [3.05, 3.63) is 0 Å². The van der Waals surface area contributed by atoms with Crippen molar-refractivity contribution in [2.45, 2.75) is 26.4 Å². The van der Waals surface area contributed by atoms with Gasteiger partial charge >= 0.3 is 0 Å². The molecule has 0 bridgehead atoms. The van der Waals surface area contributed by atoms with Crippen LogP contribution in [0.25, 0.3) is 0 Å². The van der Waals surface area contributed by atoms with E-state index in [1.807, 2.05) is 0 Å². The maximum Gasteiger partial charge on any atom is 0.219 e. The van der Waals surface area contributed by atoms with E-state index in [1.54, 1.807) is 6.92 Å². The van der Waals surface area contributed by atoms with Crippen LogP contribution in [-0.2, 0) is 28.5 Å². The van der Waals surface area contributed by atoms with E-state index >= 15 is 0 Å². The summed E-state index contributed by atoms with van der Waals surface area (Å²) >= 11 is 0. The molecular formula is C24H53FN4O6. The Morgan fingerprint density at radius 2 is 1.29 bits per heavy atom. The van der Waals surface area contributed by atoms with Crippen LogP contribution in [-0.4, -0.2) is 147 Å². The Bertz CT molecular complexity index is 498. The van der Waals surface area contributed by atoms with Crippen molar-refractivity contribution >= 4 is 5.91 Å². The van der Waals surface area contributed by atoms with Crippen molar-refractivity contribution in [3.8, 4) is 0 Å². The summed E-state index contributed by atoms with van der Waals surface area (Å²) in [5.74, 6) is -0.140. The lowest BCUT2D eigenvalue weighted by Crippen LogP contribution is -2.48. The zero-order valence-electron chi connectivity index (χ0n) is 21.9. The smallest absolute Gasteiger partial charge is 0.219 e. The quantitative estimate of drug-likeness (QED) is 0.181.